The van der Waals surface area contributed by atoms with Crippen molar-refractivity contribution >= 4 is 27.7 Å². The molecule has 2 aromatic carbocycles. The summed E-state index contributed by atoms with van der Waals surface area (Å²) in [6.07, 6.45) is 3.03. The highest BCUT2D eigenvalue weighted by Gasteiger charge is 2.16. The number of carbonyl (C=O) groups excluding carboxylic acids is 1. The molecule has 0 radical (unpaired) electrons. The van der Waals surface area contributed by atoms with Crippen molar-refractivity contribution in [1.82, 2.24) is 0 Å². The largest absolute Gasteiger partial charge is 0.495 e. The number of sulfonamides is 1. The number of nitrogens with two attached hydrogens (primary N) is 1. The fraction of sp³-hybridized carbons (Fsp3) is 0.118. The number of hydrogen-bond acceptors (Lipinski definition) is 4. The zero-order valence-corrected chi connectivity index (χ0v) is 14.1. The molecule has 2 aromatic rings. The van der Waals surface area contributed by atoms with Gasteiger partial charge in [0.15, 0.2) is 0 Å². The maximum Gasteiger partial charge on any atom is 0.248 e. The van der Waals surface area contributed by atoms with Crippen LogP contribution in [0.4, 0.5) is 5.69 Å². The first-order valence-corrected chi connectivity index (χ1v) is 8.61. The minimum absolute atomic E-state index is 0.116. The van der Waals surface area contributed by atoms with Gasteiger partial charge in [0.05, 0.1) is 7.11 Å². The molecule has 126 valence electrons. The summed E-state index contributed by atoms with van der Waals surface area (Å²) >= 11 is 0. The van der Waals surface area contributed by atoms with E-state index in [0.29, 0.717) is 5.69 Å². The molecule has 0 spiro atoms. The van der Waals surface area contributed by atoms with Gasteiger partial charge >= 0.3 is 0 Å². The lowest BCUT2D eigenvalue weighted by molar-refractivity contribution is -0.111. The van der Waals surface area contributed by atoms with Gasteiger partial charge in [-0.2, -0.15) is 0 Å². The Hall–Kier alpha value is -2.64. The lowest BCUT2D eigenvalue weighted by Gasteiger charge is -2.09. The molecule has 7 heteroatoms. The van der Waals surface area contributed by atoms with Gasteiger partial charge in [-0.05, 0) is 36.8 Å². The molecule has 1 amide bonds. The Balaban J connectivity index is 2.15. The zero-order chi connectivity index (χ0) is 17.7. The first kappa shape index (κ1) is 17.7. The van der Waals surface area contributed by atoms with Crippen LogP contribution in [0.25, 0.3) is 6.08 Å². The first-order chi connectivity index (χ1) is 11.3. The van der Waals surface area contributed by atoms with E-state index in [0.717, 1.165) is 11.1 Å². The molecule has 0 saturated heterocycles. The highest BCUT2D eigenvalue weighted by molar-refractivity contribution is 7.89. The molecule has 0 saturated carbocycles. The predicted octanol–water partition coefficient (Wildman–Crippen LogP) is 2.30. The fourth-order valence-corrected chi connectivity index (χ4v) is 2.73. The quantitative estimate of drug-likeness (QED) is 0.812. The molecular weight excluding hydrogens is 328 g/mol. The molecule has 2 rings (SSSR count). The average Bonchev–Trinajstić information content (AvgIpc) is 2.53. The van der Waals surface area contributed by atoms with Crippen LogP contribution in [0.3, 0.4) is 0 Å². The standard InChI is InChI=1S/C17H18N2O4S/c1-12-3-5-13(6-4-12)7-10-17(20)19-14-8-9-15(23-2)16(11-14)24(18,21)22/h3-11H,1-2H3,(H,19,20)(H2,18,21,22). The molecule has 0 aliphatic heterocycles. The molecule has 0 bridgehead atoms. The molecule has 0 atom stereocenters. The van der Waals surface area contributed by atoms with Gasteiger partial charge in [0.25, 0.3) is 0 Å². The monoisotopic (exact) mass is 346 g/mol. The normalized spacial score (nSPS) is 11.5. The lowest BCUT2D eigenvalue weighted by Crippen LogP contribution is -2.15. The number of ether oxygens (including phenoxy) is 1. The molecule has 24 heavy (non-hydrogen) atoms. The number of hydrogen-bond donors (Lipinski definition) is 2. The predicted molar refractivity (Wildman–Crippen MR) is 93.2 cm³/mol. The van der Waals surface area contributed by atoms with E-state index in [1.165, 1.54) is 31.4 Å². The molecular formula is C17H18N2O4S. The summed E-state index contributed by atoms with van der Waals surface area (Å²) in [5.74, 6) is -0.271. The topological polar surface area (TPSA) is 98.5 Å². The van der Waals surface area contributed by atoms with Crippen molar-refractivity contribution in [3.63, 3.8) is 0 Å². The van der Waals surface area contributed by atoms with Gasteiger partial charge in [-0.15, -0.1) is 0 Å². The van der Waals surface area contributed by atoms with Crippen molar-refractivity contribution in [2.45, 2.75) is 11.8 Å². The second kappa shape index (κ2) is 7.29. The Bertz CT molecular complexity index is 872. The number of aryl methyl sites for hydroxylation is 1. The van der Waals surface area contributed by atoms with Crippen molar-refractivity contribution in [2.24, 2.45) is 5.14 Å². The van der Waals surface area contributed by atoms with E-state index in [2.05, 4.69) is 5.32 Å². The summed E-state index contributed by atoms with van der Waals surface area (Å²) in [6.45, 7) is 1.98. The number of carbonyl (C=O) groups is 1. The van der Waals surface area contributed by atoms with Gasteiger partial charge in [0.2, 0.25) is 15.9 Å². The van der Waals surface area contributed by atoms with Gasteiger partial charge in [0.1, 0.15) is 10.6 Å². The maximum absolute atomic E-state index is 12.0. The third-order valence-electron chi connectivity index (χ3n) is 3.24. The number of rotatable bonds is 5. The van der Waals surface area contributed by atoms with Crippen molar-refractivity contribution in [1.29, 1.82) is 0 Å². The van der Waals surface area contributed by atoms with Crippen LogP contribution in [-0.2, 0) is 14.8 Å². The third kappa shape index (κ3) is 4.68. The van der Waals surface area contributed by atoms with Crippen molar-refractivity contribution in [3.8, 4) is 5.75 Å². The van der Waals surface area contributed by atoms with Crippen LogP contribution < -0.4 is 15.2 Å². The van der Waals surface area contributed by atoms with E-state index in [1.807, 2.05) is 31.2 Å². The average molecular weight is 346 g/mol. The number of anilines is 1. The smallest absolute Gasteiger partial charge is 0.248 e. The Morgan fingerprint density at radius 2 is 1.83 bits per heavy atom. The second-order valence-corrected chi connectivity index (χ2v) is 6.67. The van der Waals surface area contributed by atoms with E-state index < -0.39 is 10.0 Å². The van der Waals surface area contributed by atoms with Crippen LogP contribution in [0.15, 0.2) is 53.4 Å². The molecule has 6 nitrogen and oxygen atoms in total. The summed E-state index contributed by atoms with van der Waals surface area (Å²) in [6, 6.07) is 11.9. The van der Waals surface area contributed by atoms with Gasteiger partial charge < -0.3 is 10.1 Å². The highest BCUT2D eigenvalue weighted by atomic mass is 32.2. The van der Waals surface area contributed by atoms with Crippen LogP contribution in [0.2, 0.25) is 0 Å². The third-order valence-corrected chi connectivity index (χ3v) is 4.17. The number of benzene rings is 2. The number of amides is 1. The van der Waals surface area contributed by atoms with Crippen LogP contribution >= 0.6 is 0 Å². The molecule has 0 aromatic heterocycles. The summed E-state index contributed by atoms with van der Waals surface area (Å²) in [5, 5.41) is 7.73. The fourth-order valence-electron chi connectivity index (χ4n) is 2.01. The van der Waals surface area contributed by atoms with Gasteiger partial charge in [-0.3, -0.25) is 4.79 Å². The summed E-state index contributed by atoms with van der Waals surface area (Å²) in [4.78, 5) is 11.8. The number of nitrogens with one attached hydrogen (secondary N) is 1. The van der Waals surface area contributed by atoms with Crippen LogP contribution in [0, 0.1) is 6.92 Å². The van der Waals surface area contributed by atoms with E-state index >= 15 is 0 Å². The van der Waals surface area contributed by atoms with E-state index in [4.69, 9.17) is 9.88 Å². The van der Waals surface area contributed by atoms with E-state index in [-0.39, 0.29) is 16.6 Å². The SMILES string of the molecule is COc1ccc(NC(=O)C=Cc2ccc(C)cc2)cc1S(N)(=O)=O. The minimum Gasteiger partial charge on any atom is -0.495 e. The van der Waals surface area contributed by atoms with Crippen molar-refractivity contribution in [3.05, 3.63) is 59.7 Å². The Morgan fingerprint density at radius 3 is 2.42 bits per heavy atom. The Morgan fingerprint density at radius 1 is 1.17 bits per heavy atom. The maximum atomic E-state index is 12.0. The Kier molecular flexibility index (Phi) is 5.38. The molecule has 3 N–H and O–H groups in total. The molecule has 0 aliphatic carbocycles. The lowest BCUT2D eigenvalue weighted by atomic mass is 10.1. The summed E-state index contributed by atoms with van der Waals surface area (Å²) in [5.41, 5.74) is 2.32. The van der Waals surface area contributed by atoms with Crippen LogP contribution in [0.5, 0.6) is 5.75 Å². The molecule has 0 heterocycles. The van der Waals surface area contributed by atoms with Crippen molar-refractivity contribution < 1.29 is 17.9 Å². The van der Waals surface area contributed by atoms with Gasteiger partial charge in [-0.25, -0.2) is 13.6 Å². The van der Waals surface area contributed by atoms with E-state index in [1.54, 1.807) is 6.08 Å². The molecule has 0 fully saturated rings. The zero-order valence-electron chi connectivity index (χ0n) is 13.3. The second-order valence-electron chi connectivity index (χ2n) is 5.14. The van der Waals surface area contributed by atoms with Crippen LogP contribution in [-0.4, -0.2) is 21.4 Å². The van der Waals surface area contributed by atoms with E-state index in [9.17, 15) is 13.2 Å². The molecule has 0 unspecified atom stereocenters. The summed E-state index contributed by atoms with van der Waals surface area (Å²) in [7, 11) is -2.62. The van der Waals surface area contributed by atoms with Gasteiger partial charge in [0, 0.05) is 11.8 Å². The van der Waals surface area contributed by atoms with Crippen LogP contribution in [0.1, 0.15) is 11.1 Å². The van der Waals surface area contributed by atoms with Gasteiger partial charge in [-0.1, -0.05) is 29.8 Å². The van der Waals surface area contributed by atoms with Crippen molar-refractivity contribution in [2.75, 3.05) is 12.4 Å². The summed E-state index contributed by atoms with van der Waals surface area (Å²) < 4.78 is 28.1. The number of methoxy groups -OCH3 is 1. The minimum atomic E-state index is -3.96. The molecule has 0 aliphatic rings. The Labute approximate surface area is 141 Å². The highest BCUT2D eigenvalue weighted by Crippen LogP contribution is 2.26. The number of primary sulfonamides is 1. The first-order valence-electron chi connectivity index (χ1n) is 7.06.